The molecule has 4 heteroatoms. The van der Waals surface area contributed by atoms with Crippen LogP contribution in [0.1, 0.15) is 11.1 Å². The molecule has 0 atom stereocenters. The van der Waals surface area contributed by atoms with Crippen molar-refractivity contribution in [1.29, 1.82) is 0 Å². The van der Waals surface area contributed by atoms with E-state index in [-0.39, 0.29) is 0 Å². The molecule has 288 valence electrons. The topological polar surface area (TPSA) is 35.6 Å². The molecule has 4 nitrogen and oxygen atoms in total. The van der Waals surface area contributed by atoms with Gasteiger partial charge in [-0.3, -0.25) is 4.57 Å². The second-order valence-electron chi connectivity index (χ2n) is 15.6. The van der Waals surface area contributed by atoms with Gasteiger partial charge in [0.25, 0.3) is 0 Å². The average Bonchev–Trinajstić information content (AvgIpc) is 3.85. The van der Waals surface area contributed by atoms with Gasteiger partial charge in [0.1, 0.15) is 0 Å². The van der Waals surface area contributed by atoms with Gasteiger partial charge in [-0.1, -0.05) is 170 Å². The highest BCUT2D eigenvalue weighted by Gasteiger charge is 2.19. The quantitative estimate of drug-likeness (QED) is 0.163. The van der Waals surface area contributed by atoms with Gasteiger partial charge < -0.3 is 4.57 Å². The van der Waals surface area contributed by atoms with E-state index in [2.05, 4.69) is 221 Å². The summed E-state index contributed by atoms with van der Waals surface area (Å²) in [6, 6.07) is 76.9. The molecular formula is C58H36N4. The van der Waals surface area contributed by atoms with E-state index >= 15 is 0 Å². The maximum absolute atomic E-state index is 5.26. The van der Waals surface area contributed by atoms with Gasteiger partial charge in [0, 0.05) is 49.3 Å². The molecule has 0 aliphatic carbocycles. The summed E-state index contributed by atoms with van der Waals surface area (Å²) in [6.07, 6.45) is 0. The first-order valence-corrected chi connectivity index (χ1v) is 20.9. The lowest BCUT2D eigenvalue weighted by Gasteiger charge is -2.11. The largest absolute Gasteiger partial charge is 0.309 e. The van der Waals surface area contributed by atoms with Crippen LogP contribution < -0.4 is 0 Å². The predicted octanol–water partition coefficient (Wildman–Crippen LogP) is 14.2. The Kier molecular flexibility index (Phi) is 8.36. The zero-order chi connectivity index (χ0) is 41.0. The van der Waals surface area contributed by atoms with Crippen molar-refractivity contribution in [1.82, 2.24) is 19.1 Å². The fourth-order valence-electron chi connectivity index (χ4n) is 9.07. The lowest BCUT2D eigenvalue weighted by Crippen LogP contribution is -2.03. The molecule has 0 saturated carbocycles. The van der Waals surface area contributed by atoms with E-state index in [0.29, 0.717) is 5.95 Å². The summed E-state index contributed by atoms with van der Waals surface area (Å²) in [5.74, 6) is 7.93. The number of fused-ring (bicyclic) bond motifs is 7. The summed E-state index contributed by atoms with van der Waals surface area (Å²) < 4.78 is 4.56. The van der Waals surface area contributed by atoms with Gasteiger partial charge in [-0.25, -0.2) is 9.97 Å². The standard InChI is InChI=1S/C58H36N4/c1-4-16-40(17-5-1)41-31-33-45(34-32-41)61-53-26-14-11-23-47(53)51-38-49(42-18-6-2-7-19-42)44(37-56(51)61)30-28-39-29-35-55-50(36-39)46-22-12-15-27-54(46)62(55)58-59-52-25-13-10-24-48(52)57(60-58)43-20-8-3-9-21-43/h1-27,29,31-38H. The minimum atomic E-state index is 0.637. The molecular weight excluding hydrogens is 753 g/mol. The third-order valence-corrected chi connectivity index (χ3v) is 12.0. The number of hydrogen-bond donors (Lipinski definition) is 0. The minimum absolute atomic E-state index is 0.637. The van der Waals surface area contributed by atoms with Crippen molar-refractivity contribution in [2.75, 3.05) is 0 Å². The molecule has 0 aliphatic rings. The second-order valence-corrected chi connectivity index (χ2v) is 15.6. The van der Waals surface area contributed by atoms with Crippen LogP contribution >= 0.6 is 0 Å². The van der Waals surface area contributed by atoms with Crippen LogP contribution in [-0.4, -0.2) is 19.1 Å². The molecule has 12 aromatic rings. The maximum atomic E-state index is 5.26. The lowest BCUT2D eigenvalue weighted by molar-refractivity contribution is 1.01. The minimum Gasteiger partial charge on any atom is -0.309 e. The third-order valence-electron chi connectivity index (χ3n) is 12.0. The molecule has 0 saturated heterocycles. The lowest BCUT2D eigenvalue weighted by atomic mass is 9.97. The SMILES string of the molecule is C(#Cc1cc2c(cc1-c1ccccc1)c1ccccc1n2-c1ccc(-c2ccccc2)cc1)c1ccc2c(c1)c1ccccc1n2-c1nc(-c2ccccc2)c2ccccc2n1. The van der Waals surface area contributed by atoms with Crippen molar-refractivity contribution >= 4 is 54.5 Å². The Morgan fingerprint density at radius 3 is 1.60 bits per heavy atom. The highest BCUT2D eigenvalue weighted by Crippen LogP contribution is 2.38. The van der Waals surface area contributed by atoms with Crippen molar-refractivity contribution < 1.29 is 0 Å². The first kappa shape index (κ1) is 35.4. The second kappa shape index (κ2) is 14.6. The van der Waals surface area contributed by atoms with Crippen molar-refractivity contribution in [3.63, 3.8) is 0 Å². The van der Waals surface area contributed by atoms with E-state index in [1.165, 1.54) is 21.9 Å². The fraction of sp³-hybridized carbons (Fsp3) is 0. The molecule has 0 fully saturated rings. The molecule has 3 heterocycles. The molecule has 0 spiro atoms. The zero-order valence-electron chi connectivity index (χ0n) is 33.6. The first-order chi connectivity index (χ1) is 30.7. The summed E-state index contributed by atoms with van der Waals surface area (Å²) in [5, 5.41) is 5.65. The van der Waals surface area contributed by atoms with Gasteiger partial charge in [0.05, 0.1) is 33.3 Å². The van der Waals surface area contributed by atoms with Crippen LogP contribution in [-0.2, 0) is 0 Å². The van der Waals surface area contributed by atoms with Gasteiger partial charge in [-0.05, 0) is 82.9 Å². The molecule has 0 aliphatic heterocycles. The smallest absolute Gasteiger partial charge is 0.235 e. The Bertz CT molecular complexity index is 3720. The summed E-state index contributed by atoms with van der Waals surface area (Å²) in [7, 11) is 0. The Hall–Kier alpha value is -8.52. The molecule has 0 amide bonds. The van der Waals surface area contributed by atoms with Crippen LogP contribution in [0.15, 0.2) is 218 Å². The Morgan fingerprint density at radius 2 is 0.887 bits per heavy atom. The van der Waals surface area contributed by atoms with Gasteiger partial charge in [-0.15, -0.1) is 0 Å². The Balaban J connectivity index is 1.02. The van der Waals surface area contributed by atoms with Crippen molar-refractivity contribution in [3.05, 3.63) is 230 Å². The molecule has 0 unspecified atom stereocenters. The monoisotopic (exact) mass is 788 g/mol. The van der Waals surface area contributed by atoms with Gasteiger partial charge >= 0.3 is 0 Å². The van der Waals surface area contributed by atoms with E-state index in [0.717, 1.165) is 82.9 Å². The number of hydrogen-bond acceptors (Lipinski definition) is 2. The maximum Gasteiger partial charge on any atom is 0.235 e. The van der Waals surface area contributed by atoms with Crippen LogP contribution in [0, 0.1) is 11.8 Å². The van der Waals surface area contributed by atoms with E-state index in [4.69, 9.17) is 9.97 Å². The van der Waals surface area contributed by atoms with E-state index in [1.54, 1.807) is 0 Å². The van der Waals surface area contributed by atoms with Crippen molar-refractivity contribution in [2.24, 2.45) is 0 Å². The number of aromatic nitrogens is 4. The number of para-hydroxylation sites is 3. The number of rotatable bonds is 5. The normalized spacial score (nSPS) is 11.4. The van der Waals surface area contributed by atoms with Crippen LogP contribution in [0.4, 0.5) is 0 Å². The summed E-state index contributed by atoms with van der Waals surface area (Å²) in [6.45, 7) is 0. The highest BCUT2D eigenvalue weighted by molar-refractivity contribution is 6.12. The molecule has 3 aromatic heterocycles. The van der Waals surface area contributed by atoms with Crippen molar-refractivity contribution in [3.8, 4) is 57.0 Å². The summed E-state index contributed by atoms with van der Waals surface area (Å²) >= 11 is 0. The highest BCUT2D eigenvalue weighted by atomic mass is 15.2. The number of nitrogens with zero attached hydrogens (tertiary/aromatic N) is 4. The van der Waals surface area contributed by atoms with Crippen LogP contribution in [0.5, 0.6) is 0 Å². The van der Waals surface area contributed by atoms with Gasteiger partial charge in [-0.2, -0.15) is 0 Å². The Labute approximate surface area is 358 Å². The van der Waals surface area contributed by atoms with E-state index in [1.807, 2.05) is 18.2 Å². The fourth-order valence-corrected chi connectivity index (χ4v) is 9.07. The van der Waals surface area contributed by atoms with Crippen LogP contribution in [0.2, 0.25) is 0 Å². The van der Waals surface area contributed by atoms with Gasteiger partial charge in [0.15, 0.2) is 0 Å². The molecule has 0 radical (unpaired) electrons. The molecule has 12 rings (SSSR count). The van der Waals surface area contributed by atoms with Crippen molar-refractivity contribution in [2.45, 2.75) is 0 Å². The number of benzene rings is 9. The van der Waals surface area contributed by atoms with Crippen LogP contribution in [0.3, 0.4) is 0 Å². The zero-order valence-corrected chi connectivity index (χ0v) is 33.6. The van der Waals surface area contributed by atoms with E-state index in [9.17, 15) is 0 Å². The average molecular weight is 789 g/mol. The van der Waals surface area contributed by atoms with Crippen LogP contribution in [0.25, 0.3) is 99.7 Å². The predicted molar refractivity (Wildman–Crippen MR) is 257 cm³/mol. The third kappa shape index (κ3) is 5.95. The molecule has 0 N–H and O–H groups in total. The summed E-state index contributed by atoms with van der Waals surface area (Å²) in [5.41, 5.74) is 14.9. The van der Waals surface area contributed by atoms with Gasteiger partial charge in [0.2, 0.25) is 5.95 Å². The first-order valence-electron chi connectivity index (χ1n) is 20.9. The molecule has 0 bridgehead atoms. The molecule has 9 aromatic carbocycles. The van der Waals surface area contributed by atoms with E-state index < -0.39 is 0 Å². The molecule has 62 heavy (non-hydrogen) atoms. The Morgan fingerprint density at radius 1 is 0.339 bits per heavy atom. The summed E-state index contributed by atoms with van der Waals surface area (Å²) in [4.78, 5) is 10.4.